The Kier molecular flexibility index (Phi) is 5.39. The Morgan fingerprint density at radius 2 is 1.86 bits per heavy atom. The molecule has 1 aromatic heterocycles. The van der Waals surface area contributed by atoms with E-state index in [1.165, 1.54) is 17.0 Å². The van der Waals surface area contributed by atoms with Crippen LogP contribution in [0.5, 0.6) is 0 Å². The van der Waals surface area contributed by atoms with Gasteiger partial charge in [-0.05, 0) is 11.6 Å². The predicted molar refractivity (Wildman–Crippen MR) is 105 cm³/mol. The van der Waals surface area contributed by atoms with E-state index in [-0.39, 0.29) is 22.8 Å². The molecular formula is C20H20N4O4. The molecule has 2 N–H and O–H groups in total. The number of amides is 2. The number of nitrogens with one attached hydrogen (secondary N) is 2. The number of nitro groups is 1. The summed E-state index contributed by atoms with van der Waals surface area (Å²) in [5.74, 6) is -0.735. The predicted octanol–water partition coefficient (Wildman–Crippen LogP) is 2.51. The minimum Gasteiger partial charge on any atom is -0.347 e. The lowest BCUT2D eigenvalue weighted by molar-refractivity contribution is -0.383. The minimum absolute atomic E-state index is 0.109. The fraction of sp³-hybridized carbons (Fsp3) is 0.200. The van der Waals surface area contributed by atoms with Crippen molar-refractivity contribution in [1.82, 2.24) is 15.2 Å². The number of likely N-dealkylation sites (N-methyl/N-ethyl adjacent to an activating group) is 1. The van der Waals surface area contributed by atoms with E-state index in [0.29, 0.717) is 11.8 Å². The molecular weight excluding hydrogens is 360 g/mol. The van der Waals surface area contributed by atoms with E-state index in [2.05, 4.69) is 10.3 Å². The molecule has 0 aliphatic rings. The van der Waals surface area contributed by atoms with Crippen LogP contribution in [0.3, 0.4) is 0 Å². The highest BCUT2D eigenvalue weighted by atomic mass is 16.6. The average molecular weight is 380 g/mol. The molecule has 0 saturated heterocycles. The molecule has 0 bridgehead atoms. The maximum atomic E-state index is 12.7. The third kappa shape index (κ3) is 4.01. The number of non-ortho nitro benzene ring substituents is 1. The molecule has 1 heterocycles. The molecule has 0 aliphatic carbocycles. The highest BCUT2D eigenvalue weighted by Gasteiger charge is 2.25. The molecule has 2 amide bonds. The smallest absolute Gasteiger partial charge is 0.293 e. The van der Waals surface area contributed by atoms with Crippen LogP contribution >= 0.6 is 0 Å². The number of hydrogen-bond acceptors (Lipinski definition) is 4. The molecule has 0 radical (unpaired) electrons. The number of hydrogen-bond donors (Lipinski definition) is 2. The van der Waals surface area contributed by atoms with Crippen LogP contribution in [-0.2, 0) is 11.2 Å². The van der Waals surface area contributed by atoms with Crippen molar-refractivity contribution in [3.63, 3.8) is 0 Å². The van der Waals surface area contributed by atoms with Crippen LogP contribution in [0.15, 0.2) is 54.6 Å². The van der Waals surface area contributed by atoms with Crippen LogP contribution in [0.2, 0.25) is 0 Å². The van der Waals surface area contributed by atoms with E-state index in [1.54, 1.807) is 26.2 Å². The summed E-state index contributed by atoms with van der Waals surface area (Å²) >= 11 is 0. The van der Waals surface area contributed by atoms with Gasteiger partial charge in [0, 0.05) is 32.0 Å². The number of fused-ring (bicyclic) bond motifs is 1. The molecule has 3 rings (SSSR count). The summed E-state index contributed by atoms with van der Waals surface area (Å²) in [6.07, 6.45) is 0.337. The van der Waals surface area contributed by atoms with Crippen molar-refractivity contribution < 1.29 is 14.5 Å². The van der Waals surface area contributed by atoms with Crippen molar-refractivity contribution in [2.45, 2.75) is 12.5 Å². The SMILES string of the molecule is CN(C)C(=O)[C@H](Cc1ccccc1)NC(=O)c1cc2cccc([N+](=O)[O-])c2[nH]1. The van der Waals surface area contributed by atoms with Gasteiger partial charge in [0.05, 0.1) is 4.92 Å². The molecule has 144 valence electrons. The van der Waals surface area contributed by atoms with Crippen molar-refractivity contribution in [3.05, 3.63) is 76.0 Å². The third-order valence-corrected chi connectivity index (χ3v) is 4.40. The maximum absolute atomic E-state index is 12.7. The summed E-state index contributed by atoms with van der Waals surface area (Å²) in [4.78, 5) is 40.2. The number of aromatic nitrogens is 1. The van der Waals surface area contributed by atoms with Crippen LogP contribution in [-0.4, -0.2) is 46.8 Å². The lowest BCUT2D eigenvalue weighted by Crippen LogP contribution is -2.47. The normalized spacial score (nSPS) is 11.8. The molecule has 3 aromatic rings. The first-order valence-electron chi connectivity index (χ1n) is 8.69. The van der Waals surface area contributed by atoms with Gasteiger partial charge < -0.3 is 15.2 Å². The molecule has 28 heavy (non-hydrogen) atoms. The molecule has 8 nitrogen and oxygen atoms in total. The maximum Gasteiger partial charge on any atom is 0.293 e. The van der Waals surface area contributed by atoms with Crippen molar-refractivity contribution in [2.75, 3.05) is 14.1 Å². The second kappa shape index (κ2) is 7.91. The van der Waals surface area contributed by atoms with Crippen LogP contribution in [0.4, 0.5) is 5.69 Å². The summed E-state index contributed by atoms with van der Waals surface area (Å²) in [6.45, 7) is 0. The number of carbonyl (C=O) groups is 2. The Hall–Kier alpha value is -3.68. The molecule has 0 saturated carbocycles. The number of H-pyrrole nitrogens is 1. The number of carbonyl (C=O) groups excluding carboxylic acids is 2. The second-order valence-corrected chi connectivity index (χ2v) is 6.63. The van der Waals surface area contributed by atoms with E-state index in [0.717, 1.165) is 5.56 Å². The molecule has 0 aliphatic heterocycles. The minimum atomic E-state index is -0.758. The summed E-state index contributed by atoms with van der Waals surface area (Å²) in [7, 11) is 3.25. The van der Waals surface area contributed by atoms with Gasteiger partial charge in [-0.3, -0.25) is 19.7 Å². The number of nitrogens with zero attached hydrogens (tertiary/aromatic N) is 2. The monoisotopic (exact) mass is 380 g/mol. The lowest BCUT2D eigenvalue weighted by Gasteiger charge is -2.21. The van der Waals surface area contributed by atoms with Gasteiger partial charge in [0.25, 0.3) is 11.6 Å². The van der Waals surface area contributed by atoms with E-state index in [4.69, 9.17) is 0 Å². The van der Waals surface area contributed by atoms with Crippen molar-refractivity contribution in [3.8, 4) is 0 Å². The zero-order valence-corrected chi connectivity index (χ0v) is 15.5. The lowest BCUT2D eigenvalue weighted by atomic mass is 10.0. The molecule has 0 spiro atoms. The number of aromatic amines is 1. The first-order chi connectivity index (χ1) is 13.4. The summed E-state index contributed by atoms with van der Waals surface area (Å²) < 4.78 is 0. The number of para-hydroxylation sites is 1. The second-order valence-electron chi connectivity index (χ2n) is 6.63. The van der Waals surface area contributed by atoms with Gasteiger partial charge in [0.2, 0.25) is 5.91 Å². The topological polar surface area (TPSA) is 108 Å². The zero-order chi connectivity index (χ0) is 20.3. The van der Waals surface area contributed by atoms with Crippen LogP contribution in [0, 0.1) is 10.1 Å². The van der Waals surface area contributed by atoms with E-state index in [9.17, 15) is 19.7 Å². The van der Waals surface area contributed by atoms with Crippen LogP contribution in [0.1, 0.15) is 16.1 Å². The fourth-order valence-corrected chi connectivity index (χ4v) is 3.01. The van der Waals surface area contributed by atoms with Crippen LogP contribution in [0.25, 0.3) is 10.9 Å². The Labute approximate surface area is 161 Å². The van der Waals surface area contributed by atoms with Gasteiger partial charge in [-0.1, -0.05) is 42.5 Å². The Morgan fingerprint density at radius 3 is 2.50 bits per heavy atom. The number of nitro benzene ring substituents is 1. The van der Waals surface area contributed by atoms with Gasteiger partial charge in [-0.15, -0.1) is 0 Å². The van der Waals surface area contributed by atoms with E-state index in [1.807, 2.05) is 30.3 Å². The Balaban J connectivity index is 1.87. The van der Waals surface area contributed by atoms with Gasteiger partial charge in [-0.2, -0.15) is 0 Å². The molecule has 0 unspecified atom stereocenters. The van der Waals surface area contributed by atoms with Gasteiger partial charge in [0.1, 0.15) is 17.3 Å². The summed E-state index contributed by atoms with van der Waals surface area (Å²) in [5.41, 5.74) is 1.24. The van der Waals surface area contributed by atoms with E-state index < -0.39 is 16.9 Å². The fourth-order valence-electron chi connectivity index (χ4n) is 3.01. The highest BCUT2D eigenvalue weighted by molar-refractivity contribution is 6.01. The van der Waals surface area contributed by atoms with Crippen LogP contribution < -0.4 is 5.32 Å². The molecule has 2 aromatic carbocycles. The van der Waals surface area contributed by atoms with Gasteiger partial charge >= 0.3 is 0 Å². The highest BCUT2D eigenvalue weighted by Crippen LogP contribution is 2.25. The molecule has 8 heteroatoms. The number of benzene rings is 2. The third-order valence-electron chi connectivity index (χ3n) is 4.40. The largest absolute Gasteiger partial charge is 0.347 e. The molecule has 0 fully saturated rings. The van der Waals surface area contributed by atoms with Gasteiger partial charge in [0.15, 0.2) is 0 Å². The number of rotatable bonds is 6. The van der Waals surface area contributed by atoms with Gasteiger partial charge in [-0.25, -0.2) is 0 Å². The zero-order valence-electron chi connectivity index (χ0n) is 15.5. The molecule has 1 atom stereocenters. The Bertz CT molecular complexity index is 1030. The van der Waals surface area contributed by atoms with E-state index >= 15 is 0 Å². The summed E-state index contributed by atoms with van der Waals surface area (Å²) in [5, 5.41) is 14.5. The quantitative estimate of drug-likeness (QED) is 0.506. The Morgan fingerprint density at radius 1 is 1.14 bits per heavy atom. The summed E-state index contributed by atoms with van der Waals surface area (Å²) in [6, 6.07) is 14.8. The van der Waals surface area contributed by atoms with Crippen molar-refractivity contribution >= 4 is 28.4 Å². The first-order valence-corrected chi connectivity index (χ1v) is 8.69. The first kappa shape index (κ1) is 19.1. The van der Waals surface area contributed by atoms with Crippen molar-refractivity contribution in [1.29, 1.82) is 0 Å². The van der Waals surface area contributed by atoms with Crippen molar-refractivity contribution in [2.24, 2.45) is 0 Å². The standard InChI is InChI=1S/C20H20N4O4/c1-23(2)20(26)16(11-13-7-4-3-5-8-13)22-19(25)15-12-14-9-6-10-17(24(27)28)18(14)21-15/h3-10,12,16,21H,11H2,1-2H3,(H,22,25)/t16-/m0/s1. The average Bonchev–Trinajstić information content (AvgIpc) is 3.11.